The molecular weight excluding hydrogens is 529 g/mol. The number of alkyl halides is 3. The molecule has 7 aromatic rings. The van der Waals surface area contributed by atoms with Gasteiger partial charge in [0.1, 0.15) is 5.75 Å². The van der Waals surface area contributed by atoms with Crippen molar-refractivity contribution in [3.63, 3.8) is 0 Å². The first kappa shape index (κ1) is 25.8. The van der Waals surface area contributed by atoms with Gasteiger partial charge in [0.15, 0.2) is 0 Å². The number of halogens is 3. The minimum atomic E-state index is -4.74. The molecule has 0 aromatic heterocycles. The lowest BCUT2D eigenvalue weighted by Crippen LogP contribution is -2.16. The highest BCUT2D eigenvalue weighted by Crippen LogP contribution is 2.45. The zero-order valence-electron chi connectivity index (χ0n) is 22.7. The second-order valence-electron chi connectivity index (χ2n) is 10.6. The van der Waals surface area contributed by atoms with Crippen LogP contribution in [-0.4, -0.2) is 6.36 Å². The molecule has 0 saturated carbocycles. The van der Waals surface area contributed by atoms with Gasteiger partial charge in [-0.25, -0.2) is 0 Å². The van der Waals surface area contributed by atoms with Crippen LogP contribution in [0.15, 0.2) is 133 Å². The Morgan fingerprint density at radius 1 is 0.452 bits per heavy atom. The molecule has 1 nitrogen and oxygen atoms in total. The fraction of sp³-hybridized carbons (Fsp3) is 0.0526. The van der Waals surface area contributed by atoms with Crippen molar-refractivity contribution in [3.8, 4) is 39.1 Å². The van der Waals surface area contributed by atoms with Crippen molar-refractivity contribution in [2.45, 2.75) is 13.3 Å². The first-order valence-electron chi connectivity index (χ1n) is 13.7. The first-order valence-corrected chi connectivity index (χ1v) is 13.7. The van der Waals surface area contributed by atoms with Gasteiger partial charge in [-0.05, 0) is 96.9 Å². The van der Waals surface area contributed by atoms with E-state index in [0.29, 0.717) is 0 Å². The zero-order chi connectivity index (χ0) is 28.8. The molecule has 7 aromatic carbocycles. The number of fused-ring (bicyclic) bond motifs is 3. The van der Waals surface area contributed by atoms with Crippen LogP contribution in [0.5, 0.6) is 5.75 Å². The van der Waals surface area contributed by atoms with Gasteiger partial charge in [0, 0.05) is 0 Å². The summed E-state index contributed by atoms with van der Waals surface area (Å²) >= 11 is 0. The topological polar surface area (TPSA) is 9.23 Å². The molecule has 0 heterocycles. The highest BCUT2D eigenvalue weighted by molar-refractivity contribution is 6.22. The third-order valence-corrected chi connectivity index (χ3v) is 7.82. The summed E-state index contributed by atoms with van der Waals surface area (Å²) in [5.41, 5.74) is 7.38. The van der Waals surface area contributed by atoms with E-state index in [9.17, 15) is 13.2 Å². The van der Waals surface area contributed by atoms with E-state index in [0.717, 1.165) is 60.3 Å². The predicted octanol–water partition coefficient (Wildman–Crippen LogP) is 11.4. The third kappa shape index (κ3) is 4.75. The van der Waals surface area contributed by atoms with Crippen LogP contribution in [0.25, 0.3) is 65.7 Å². The summed E-state index contributed by atoms with van der Waals surface area (Å²) < 4.78 is 42.8. The molecule has 0 radical (unpaired) electrons. The summed E-state index contributed by atoms with van der Waals surface area (Å²) in [5.74, 6) is -0.243. The van der Waals surface area contributed by atoms with Crippen molar-refractivity contribution >= 4 is 32.3 Å². The van der Waals surface area contributed by atoms with Gasteiger partial charge in [0.25, 0.3) is 0 Å². The van der Waals surface area contributed by atoms with E-state index in [-0.39, 0.29) is 5.75 Å². The van der Waals surface area contributed by atoms with Crippen LogP contribution in [0.2, 0.25) is 0 Å². The van der Waals surface area contributed by atoms with Gasteiger partial charge in [-0.1, -0.05) is 115 Å². The van der Waals surface area contributed by atoms with Gasteiger partial charge in [-0.15, -0.1) is 13.2 Å². The smallest absolute Gasteiger partial charge is 0.406 e. The summed E-state index contributed by atoms with van der Waals surface area (Å²) in [6.45, 7) is 2.07. The molecular formula is C38H25F3O. The Morgan fingerprint density at radius 2 is 1.00 bits per heavy atom. The SMILES string of the molecule is Cc1ccc(-c2ccc3c(-c4ccc5ccccc5c4)c4ccccc4c(-c4ccc(OC(F)(F)F)cc4)c3c2)cc1. The van der Waals surface area contributed by atoms with E-state index in [1.165, 1.54) is 23.1 Å². The zero-order valence-corrected chi connectivity index (χ0v) is 22.7. The molecule has 0 aliphatic heterocycles. The summed E-state index contributed by atoms with van der Waals surface area (Å²) in [4.78, 5) is 0. The van der Waals surface area contributed by atoms with Gasteiger partial charge in [-0.2, -0.15) is 0 Å². The molecule has 42 heavy (non-hydrogen) atoms. The Bertz CT molecular complexity index is 2090. The lowest BCUT2D eigenvalue weighted by atomic mass is 9.84. The molecule has 4 heteroatoms. The predicted molar refractivity (Wildman–Crippen MR) is 167 cm³/mol. The van der Waals surface area contributed by atoms with Crippen molar-refractivity contribution in [1.82, 2.24) is 0 Å². The monoisotopic (exact) mass is 554 g/mol. The molecule has 0 aliphatic carbocycles. The Labute approximate surface area is 241 Å². The summed E-state index contributed by atoms with van der Waals surface area (Å²) in [7, 11) is 0. The van der Waals surface area contributed by atoms with Gasteiger partial charge in [0.2, 0.25) is 0 Å². The Balaban J connectivity index is 1.54. The Morgan fingerprint density at radius 3 is 1.69 bits per heavy atom. The molecule has 0 unspecified atom stereocenters. The van der Waals surface area contributed by atoms with Gasteiger partial charge in [0.05, 0.1) is 0 Å². The molecule has 204 valence electrons. The molecule has 0 N–H and O–H groups in total. The van der Waals surface area contributed by atoms with Crippen molar-refractivity contribution in [2.24, 2.45) is 0 Å². The summed E-state index contributed by atoms with van der Waals surface area (Å²) in [6, 6.07) is 44.2. The minimum Gasteiger partial charge on any atom is -0.406 e. The van der Waals surface area contributed by atoms with Crippen LogP contribution in [0.3, 0.4) is 0 Å². The maximum Gasteiger partial charge on any atom is 0.573 e. The Kier molecular flexibility index (Phi) is 6.20. The third-order valence-electron chi connectivity index (χ3n) is 7.82. The molecule has 0 amide bonds. The minimum absolute atomic E-state index is 0.243. The highest BCUT2D eigenvalue weighted by atomic mass is 19.4. The molecule has 0 atom stereocenters. The number of hydrogen-bond donors (Lipinski definition) is 0. The van der Waals surface area contributed by atoms with Crippen molar-refractivity contribution in [2.75, 3.05) is 0 Å². The lowest BCUT2D eigenvalue weighted by molar-refractivity contribution is -0.274. The van der Waals surface area contributed by atoms with Crippen LogP contribution >= 0.6 is 0 Å². The van der Waals surface area contributed by atoms with Crippen molar-refractivity contribution in [1.29, 1.82) is 0 Å². The maximum absolute atomic E-state index is 12.9. The molecule has 0 bridgehead atoms. The average Bonchev–Trinajstić information content (AvgIpc) is 2.99. The van der Waals surface area contributed by atoms with Gasteiger partial charge < -0.3 is 4.74 Å². The normalized spacial score (nSPS) is 11.8. The standard InChI is InChI=1S/C38H25F3O/c1-24-10-12-26(13-11-24)29-18-21-34-35(23-29)36(27-16-19-31(20-17-27)42-38(39,40)41)32-8-4-5-9-33(32)37(34)30-15-14-25-6-2-3-7-28(25)22-30/h2-23H,1H3. The molecule has 7 rings (SSSR count). The van der Waals surface area contributed by atoms with E-state index < -0.39 is 6.36 Å². The average molecular weight is 555 g/mol. The van der Waals surface area contributed by atoms with Gasteiger partial charge >= 0.3 is 6.36 Å². The first-order chi connectivity index (χ1) is 20.3. The van der Waals surface area contributed by atoms with E-state index >= 15 is 0 Å². The van der Waals surface area contributed by atoms with Crippen LogP contribution in [0.4, 0.5) is 13.2 Å². The second-order valence-corrected chi connectivity index (χ2v) is 10.6. The summed E-state index contributed by atoms with van der Waals surface area (Å²) in [6.07, 6.45) is -4.74. The largest absolute Gasteiger partial charge is 0.573 e. The van der Waals surface area contributed by atoms with Gasteiger partial charge in [-0.3, -0.25) is 0 Å². The van der Waals surface area contributed by atoms with Crippen molar-refractivity contribution < 1.29 is 17.9 Å². The fourth-order valence-corrected chi connectivity index (χ4v) is 5.89. The van der Waals surface area contributed by atoms with Crippen LogP contribution in [0.1, 0.15) is 5.56 Å². The number of rotatable bonds is 4. The number of ether oxygens (including phenoxy) is 1. The molecule has 0 spiro atoms. The lowest BCUT2D eigenvalue weighted by Gasteiger charge is -2.19. The molecule has 0 saturated heterocycles. The fourth-order valence-electron chi connectivity index (χ4n) is 5.89. The quantitative estimate of drug-likeness (QED) is 0.197. The van der Waals surface area contributed by atoms with Crippen LogP contribution in [-0.2, 0) is 0 Å². The van der Waals surface area contributed by atoms with E-state index in [4.69, 9.17) is 0 Å². The number of hydrogen-bond acceptors (Lipinski definition) is 1. The van der Waals surface area contributed by atoms with Crippen LogP contribution in [0, 0.1) is 6.92 Å². The maximum atomic E-state index is 12.9. The summed E-state index contributed by atoms with van der Waals surface area (Å²) in [5, 5.41) is 6.54. The van der Waals surface area contributed by atoms with E-state index in [1.54, 1.807) is 12.1 Å². The Hall–Kier alpha value is -5.09. The van der Waals surface area contributed by atoms with Crippen LogP contribution < -0.4 is 4.74 Å². The molecule has 0 fully saturated rings. The number of aryl methyl sites for hydroxylation is 1. The van der Waals surface area contributed by atoms with Crippen molar-refractivity contribution in [3.05, 3.63) is 139 Å². The van der Waals surface area contributed by atoms with E-state index in [1.807, 2.05) is 24.3 Å². The molecule has 0 aliphatic rings. The highest BCUT2D eigenvalue weighted by Gasteiger charge is 2.31. The number of benzene rings is 7. The second kappa shape index (κ2) is 10.1. The van der Waals surface area contributed by atoms with E-state index in [2.05, 4.69) is 96.6 Å².